The highest BCUT2D eigenvalue weighted by Gasteiger charge is 2.62. The average molecular weight is 672 g/mol. The molecular formula is C31H38N5O10P. The van der Waals surface area contributed by atoms with Gasteiger partial charge in [0.1, 0.15) is 30.6 Å². The molecule has 16 heteroatoms. The van der Waals surface area contributed by atoms with Gasteiger partial charge in [-0.3, -0.25) is 18.9 Å². The quantitative estimate of drug-likeness (QED) is 0.133. The molecule has 0 spiro atoms. The smallest absolute Gasteiger partial charge is 0.459 e. The van der Waals surface area contributed by atoms with Crippen molar-refractivity contribution in [3.63, 3.8) is 0 Å². The molecule has 0 amide bonds. The van der Waals surface area contributed by atoms with Gasteiger partial charge >= 0.3 is 25.7 Å². The largest absolute Gasteiger partial charge is 0.465 e. The summed E-state index contributed by atoms with van der Waals surface area (Å²) in [5, 5.41) is 17.5. The zero-order chi connectivity index (χ0) is 34.2. The van der Waals surface area contributed by atoms with E-state index in [1.54, 1.807) is 50.2 Å². The van der Waals surface area contributed by atoms with E-state index >= 15 is 0 Å². The minimum atomic E-state index is -4.50. The molecular weight excluding hydrogens is 633 g/mol. The number of hydrogen-bond donors (Lipinski definition) is 2. The maximum atomic E-state index is 14.2. The number of nitrogens with one attached hydrogen (secondary N) is 1. The van der Waals surface area contributed by atoms with Crippen LogP contribution in [0.1, 0.15) is 58.8 Å². The van der Waals surface area contributed by atoms with E-state index < -0.39 is 62.2 Å². The first kappa shape index (κ1) is 35.4. The number of benzene rings is 1. The number of fused-ring (bicyclic) bond motifs is 1. The Hall–Kier alpha value is -4.48. The van der Waals surface area contributed by atoms with Crippen LogP contribution in [-0.4, -0.2) is 64.6 Å². The third-order valence-electron chi connectivity index (χ3n) is 7.17. The van der Waals surface area contributed by atoms with Crippen molar-refractivity contribution >= 4 is 36.9 Å². The molecule has 1 fully saturated rings. The Bertz CT molecular complexity index is 1660. The number of rotatable bonds is 15. The van der Waals surface area contributed by atoms with Crippen LogP contribution in [0.2, 0.25) is 0 Å². The minimum absolute atomic E-state index is 0.0378. The first-order chi connectivity index (χ1) is 22.5. The fourth-order valence-corrected chi connectivity index (χ4v) is 6.30. The Balaban J connectivity index is 1.76. The highest BCUT2D eigenvalue weighted by Crippen LogP contribution is 2.50. The van der Waals surface area contributed by atoms with E-state index in [1.807, 2.05) is 13.0 Å². The van der Waals surface area contributed by atoms with Crippen LogP contribution in [0.5, 0.6) is 5.75 Å². The van der Waals surface area contributed by atoms with E-state index in [0.29, 0.717) is 23.3 Å². The molecule has 3 N–H and O–H groups in total. The van der Waals surface area contributed by atoms with E-state index in [-0.39, 0.29) is 25.2 Å². The molecule has 0 aliphatic carbocycles. The summed E-state index contributed by atoms with van der Waals surface area (Å²) in [5.74, 6) is -1.98. The summed E-state index contributed by atoms with van der Waals surface area (Å²) in [4.78, 5) is 38.0. The number of nitrogen functional groups attached to an aromatic ring is 1. The number of para-hydroxylation sites is 1. The number of nitrogens with zero attached hydrogens (tertiary/aromatic N) is 3. The first-order valence-electron chi connectivity index (χ1n) is 15.1. The van der Waals surface area contributed by atoms with Gasteiger partial charge < -0.3 is 29.2 Å². The molecule has 0 radical (unpaired) electrons. The molecule has 3 aromatic rings. The summed E-state index contributed by atoms with van der Waals surface area (Å²) in [7, 11) is -4.50. The monoisotopic (exact) mass is 671 g/mol. The molecule has 4 rings (SSSR count). The number of esters is 3. The molecule has 1 aliphatic rings. The maximum Gasteiger partial charge on any atom is 0.459 e. The Kier molecular flexibility index (Phi) is 11.6. The first-order valence-corrected chi connectivity index (χ1v) is 16.7. The molecule has 47 heavy (non-hydrogen) atoms. The normalized spacial score (nSPS) is 22.5. The molecule has 1 saturated heterocycles. The molecule has 15 nitrogen and oxygen atoms in total. The van der Waals surface area contributed by atoms with Crippen LogP contribution in [0.4, 0.5) is 5.69 Å². The molecule has 6 atom stereocenters. The second kappa shape index (κ2) is 15.4. The molecule has 1 aromatic carbocycles. The second-order valence-corrected chi connectivity index (χ2v) is 12.3. The van der Waals surface area contributed by atoms with E-state index in [2.05, 4.69) is 10.2 Å². The Morgan fingerprint density at radius 3 is 2.47 bits per heavy atom. The van der Waals surface area contributed by atoms with Crippen molar-refractivity contribution in [2.24, 2.45) is 0 Å². The topological polar surface area (TPSA) is 203 Å². The van der Waals surface area contributed by atoms with Crippen LogP contribution in [-0.2, 0) is 42.4 Å². The highest BCUT2D eigenvalue weighted by atomic mass is 31.2. The van der Waals surface area contributed by atoms with E-state index in [4.69, 9.17) is 33.7 Å². The van der Waals surface area contributed by atoms with Crippen LogP contribution < -0.4 is 15.3 Å². The lowest BCUT2D eigenvalue weighted by Crippen LogP contribution is -2.49. The van der Waals surface area contributed by atoms with Crippen LogP contribution in [0.15, 0.2) is 54.7 Å². The zero-order valence-electron chi connectivity index (χ0n) is 26.5. The van der Waals surface area contributed by atoms with Gasteiger partial charge in [0.15, 0.2) is 12.2 Å². The molecule has 2 aromatic heterocycles. The Labute approximate surface area is 271 Å². The number of nitriles is 1. The van der Waals surface area contributed by atoms with Crippen molar-refractivity contribution in [2.45, 2.75) is 76.9 Å². The van der Waals surface area contributed by atoms with Gasteiger partial charge in [0, 0.05) is 19.0 Å². The van der Waals surface area contributed by atoms with Crippen LogP contribution in [0.3, 0.4) is 0 Å². The predicted molar refractivity (Wildman–Crippen MR) is 167 cm³/mol. The van der Waals surface area contributed by atoms with Crippen molar-refractivity contribution in [1.29, 1.82) is 5.26 Å². The van der Waals surface area contributed by atoms with E-state index in [9.17, 15) is 24.2 Å². The number of anilines is 1. The van der Waals surface area contributed by atoms with Gasteiger partial charge in [-0.2, -0.15) is 15.4 Å². The number of ether oxygens (including phenoxy) is 4. The minimum Gasteiger partial charge on any atom is -0.465 e. The lowest BCUT2D eigenvalue weighted by molar-refractivity contribution is -0.169. The SMILES string of the molecule is CCCOC(=O)[C@H](C)N[P@](=O)(OC[C@@]1(C#N)O[C@@H](c2ccc3c(N)ccnn23)[C@H](OC(=O)CC)[C@@H]1OC(=O)CC)Oc1ccccc1. The van der Waals surface area contributed by atoms with E-state index in [1.165, 1.54) is 29.8 Å². The summed E-state index contributed by atoms with van der Waals surface area (Å²) >= 11 is 0. The summed E-state index contributed by atoms with van der Waals surface area (Å²) < 4.78 is 50.2. The molecule has 3 heterocycles. The number of carbonyl (C=O) groups is 3. The van der Waals surface area contributed by atoms with Crippen molar-refractivity contribution in [2.75, 3.05) is 18.9 Å². The van der Waals surface area contributed by atoms with Gasteiger partial charge in [-0.05, 0) is 43.7 Å². The van der Waals surface area contributed by atoms with Gasteiger partial charge in [0.25, 0.3) is 0 Å². The number of aromatic nitrogens is 2. The predicted octanol–water partition coefficient (Wildman–Crippen LogP) is 4.03. The van der Waals surface area contributed by atoms with Gasteiger partial charge in [-0.1, -0.05) is 39.0 Å². The Morgan fingerprint density at radius 2 is 1.81 bits per heavy atom. The highest BCUT2D eigenvalue weighted by molar-refractivity contribution is 7.52. The van der Waals surface area contributed by atoms with Crippen molar-refractivity contribution in [3.8, 4) is 11.8 Å². The standard InChI is InChI=1S/C31H38N5O10P/c1-5-17-41-30(39)20(4)35-47(40,46-21-11-9-8-10-12-21)42-19-31(18-32)29(44-26(38)7-3)28(43-25(37)6-2)27(45-31)24-14-13-23-22(33)15-16-34-36(23)24/h8-16,20,27-29H,5-7,17,19,33H2,1-4H3,(H,35,40)/t20-,27-,28-,29-,31+,47-/m0/s1. The average Bonchev–Trinajstić information content (AvgIpc) is 3.63. The van der Waals surface area contributed by atoms with Gasteiger partial charge in [-0.15, -0.1) is 0 Å². The third kappa shape index (κ3) is 8.09. The summed E-state index contributed by atoms with van der Waals surface area (Å²) in [5.41, 5.74) is 5.15. The molecule has 1 aliphatic heterocycles. The number of hydrogen-bond acceptors (Lipinski definition) is 13. The molecule has 252 valence electrons. The van der Waals surface area contributed by atoms with Gasteiger partial charge in [0.05, 0.1) is 23.5 Å². The Morgan fingerprint density at radius 1 is 1.11 bits per heavy atom. The van der Waals surface area contributed by atoms with Crippen molar-refractivity contribution in [3.05, 3.63) is 60.4 Å². The number of carbonyl (C=O) groups excluding carboxylic acids is 3. The fourth-order valence-electron chi connectivity index (χ4n) is 4.78. The maximum absolute atomic E-state index is 14.2. The van der Waals surface area contributed by atoms with Gasteiger partial charge in [-0.25, -0.2) is 9.08 Å². The number of nitrogens with two attached hydrogens (primary N) is 1. The third-order valence-corrected chi connectivity index (χ3v) is 8.79. The second-order valence-electron chi connectivity index (χ2n) is 10.6. The van der Waals surface area contributed by atoms with Crippen LogP contribution in [0.25, 0.3) is 5.52 Å². The molecule has 0 unspecified atom stereocenters. The van der Waals surface area contributed by atoms with Crippen molar-refractivity contribution < 1.29 is 46.9 Å². The van der Waals surface area contributed by atoms with Crippen LogP contribution in [0, 0.1) is 11.3 Å². The lowest BCUT2D eigenvalue weighted by Gasteiger charge is -2.30. The van der Waals surface area contributed by atoms with Crippen molar-refractivity contribution in [1.82, 2.24) is 14.7 Å². The summed E-state index contributed by atoms with van der Waals surface area (Å²) in [6.45, 7) is 5.67. The fraction of sp³-hybridized carbons (Fsp3) is 0.452. The summed E-state index contributed by atoms with van der Waals surface area (Å²) in [6, 6.07) is 13.7. The van der Waals surface area contributed by atoms with E-state index in [0.717, 1.165) is 0 Å². The summed E-state index contributed by atoms with van der Waals surface area (Å²) in [6.07, 6.45) is -2.26. The lowest BCUT2D eigenvalue weighted by atomic mass is 9.95. The zero-order valence-corrected chi connectivity index (χ0v) is 27.4. The van der Waals surface area contributed by atoms with Crippen LogP contribution >= 0.6 is 7.75 Å². The molecule has 0 bridgehead atoms. The van der Waals surface area contributed by atoms with Gasteiger partial charge in [0.2, 0.25) is 5.60 Å². The molecule has 0 saturated carbocycles.